The molecule has 0 aliphatic rings. The maximum absolute atomic E-state index is 12.9. The van der Waals surface area contributed by atoms with Gasteiger partial charge >= 0.3 is 0 Å². The summed E-state index contributed by atoms with van der Waals surface area (Å²) in [5.74, 6) is -0.0353. The first-order valence-electron chi connectivity index (χ1n) is 9.49. The highest BCUT2D eigenvalue weighted by molar-refractivity contribution is 7.99. The fourth-order valence-electron chi connectivity index (χ4n) is 3.35. The first-order valence-corrected chi connectivity index (χ1v) is 10.9. The van der Waals surface area contributed by atoms with Crippen LogP contribution in [0.2, 0.25) is 5.02 Å². The summed E-state index contributed by atoms with van der Waals surface area (Å²) in [7, 11) is 1.58. The molecule has 8 heteroatoms. The molecule has 0 radical (unpaired) electrons. The van der Waals surface area contributed by atoms with E-state index in [4.69, 9.17) is 16.3 Å². The summed E-state index contributed by atoms with van der Waals surface area (Å²) in [5.41, 5.74) is 4.33. The minimum atomic E-state index is -0.179. The van der Waals surface area contributed by atoms with Gasteiger partial charge in [0.2, 0.25) is 5.91 Å². The summed E-state index contributed by atoms with van der Waals surface area (Å²) in [5, 5.41) is 4.42. The zero-order valence-electron chi connectivity index (χ0n) is 17.4. The minimum absolute atomic E-state index is 0.123. The monoisotopic (exact) mass is 445 g/mol. The molecule has 0 atom stereocenters. The number of anilines is 1. The molecule has 3 rings (SSSR count). The molecular weight excluding hydrogens is 422 g/mol. The Bertz CT molecular complexity index is 1140. The number of fused-ring (bicyclic) bond motifs is 1. The highest BCUT2D eigenvalue weighted by Crippen LogP contribution is 2.24. The van der Waals surface area contributed by atoms with E-state index in [1.807, 2.05) is 32.9 Å². The van der Waals surface area contributed by atoms with E-state index in [0.29, 0.717) is 34.2 Å². The van der Waals surface area contributed by atoms with Crippen molar-refractivity contribution in [2.24, 2.45) is 0 Å². The summed E-state index contributed by atoms with van der Waals surface area (Å²) in [6.45, 7) is 6.68. The van der Waals surface area contributed by atoms with Crippen molar-refractivity contribution in [3.05, 3.63) is 62.4 Å². The molecule has 158 valence electrons. The van der Waals surface area contributed by atoms with E-state index < -0.39 is 0 Å². The summed E-state index contributed by atoms with van der Waals surface area (Å²) in [6, 6.07) is 9.06. The first kappa shape index (κ1) is 22.3. The molecule has 0 spiro atoms. The Labute approximate surface area is 184 Å². The number of aryl methyl sites for hydroxylation is 3. The highest BCUT2D eigenvalue weighted by Gasteiger charge is 2.15. The third-order valence-electron chi connectivity index (χ3n) is 4.68. The van der Waals surface area contributed by atoms with Crippen molar-refractivity contribution in [1.29, 1.82) is 0 Å². The van der Waals surface area contributed by atoms with Crippen LogP contribution in [0.1, 0.15) is 16.7 Å². The van der Waals surface area contributed by atoms with Gasteiger partial charge in [-0.2, -0.15) is 0 Å². The zero-order chi connectivity index (χ0) is 21.8. The van der Waals surface area contributed by atoms with E-state index >= 15 is 0 Å². The number of carbonyl (C=O) groups excluding carboxylic acids is 1. The number of carbonyl (C=O) groups is 1. The Morgan fingerprint density at radius 2 is 1.90 bits per heavy atom. The van der Waals surface area contributed by atoms with E-state index in [1.165, 1.54) is 11.8 Å². The van der Waals surface area contributed by atoms with Crippen molar-refractivity contribution in [1.82, 2.24) is 9.55 Å². The lowest BCUT2D eigenvalue weighted by atomic mass is 10.1. The highest BCUT2D eigenvalue weighted by atomic mass is 35.5. The summed E-state index contributed by atoms with van der Waals surface area (Å²) >= 11 is 7.28. The van der Waals surface area contributed by atoms with Crippen molar-refractivity contribution in [3.8, 4) is 0 Å². The van der Waals surface area contributed by atoms with Gasteiger partial charge in [0, 0.05) is 17.8 Å². The van der Waals surface area contributed by atoms with Crippen LogP contribution in [0.25, 0.3) is 10.9 Å². The van der Waals surface area contributed by atoms with Gasteiger partial charge < -0.3 is 10.1 Å². The third kappa shape index (κ3) is 5.03. The third-order valence-corrected chi connectivity index (χ3v) is 5.89. The van der Waals surface area contributed by atoms with Gasteiger partial charge in [0.05, 0.1) is 29.8 Å². The molecule has 0 aliphatic carbocycles. The van der Waals surface area contributed by atoms with Crippen molar-refractivity contribution in [2.75, 3.05) is 24.8 Å². The van der Waals surface area contributed by atoms with Crippen molar-refractivity contribution < 1.29 is 9.53 Å². The number of aromatic nitrogens is 2. The van der Waals surface area contributed by atoms with E-state index in [2.05, 4.69) is 10.3 Å². The van der Waals surface area contributed by atoms with Crippen molar-refractivity contribution in [2.45, 2.75) is 32.5 Å². The van der Waals surface area contributed by atoms with Crippen LogP contribution in [-0.2, 0) is 16.1 Å². The summed E-state index contributed by atoms with van der Waals surface area (Å²) < 4.78 is 6.67. The van der Waals surface area contributed by atoms with Crippen molar-refractivity contribution >= 4 is 45.9 Å². The smallest absolute Gasteiger partial charge is 0.262 e. The maximum Gasteiger partial charge on any atom is 0.262 e. The fourth-order valence-corrected chi connectivity index (χ4v) is 4.34. The molecular formula is C22H24ClN3O3S. The number of ether oxygens (including phenoxy) is 1. The predicted molar refractivity (Wildman–Crippen MR) is 123 cm³/mol. The van der Waals surface area contributed by atoms with E-state index in [-0.39, 0.29) is 17.2 Å². The van der Waals surface area contributed by atoms with Crippen LogP contribution in [0.3, 0.4) is 0 Å². The van der Waals surface area contributed by atoms with Gasteiger partial charge in [-0.05, 0) is 50.1 Å². The number of benzene rings is 2. The average Bonchev–Trinajstić information content (AvgIpc) is 2.68. The molecule has 1 amide bonds. The van der Waals surface area contributed by atoms with Crippen LogP contribution >= 0.6 is 23.4 Å². The second-order valence-corrected chi connectivity index (χ2v) is 8.49. The number of nitrogens with zero attached hydrogens (tertiary/aromatic N) is 2. The molecule has 2 aromatic carbocycles. The Morgan fingerprint density at radius 1 is 1.20 bits per heavy atom. The van der Waals surface area contributed by atoms with Crippen LogP contribution in [0.4, 0.5) is 5.69 Å². The second kappa shape index (κ2) is 9.64. The number of halogens is 1. The van der Waals surface area contributed by atoms with Crippen LogP contribution in [0.15, 0.2) is 40.3 Å². The number of hydrogen-bond donors (Lipinski definition) is 1. The number of hydrogen-bond acceptors (Lipinski definition) is 5. The van der Waals surface area contributed by atoms with Crippen molar-refractivity contribution in [3.63, 3.8) is 0 Å². The molecule has 1 N–H and O–H groups in total. The van der Waals surface area contributed by atoms with Gasteiger partial charge in [0.1, 0.15) is 0 Å². The molecule has 0 fully saturated rings. The van der Waals surface area contributed by atoms with E-state index in [1.54, 1.807) is 29.9 Å². The molecule has 0 unspecified atom stereocenters. The lowest BCUT2D eigenvalue weighted by Crippen LogP contribution is -2.26. The Hall–Kier alpha value is -2.35. The molecule has 0 aliphatic heterocycles. The Balaban J connectivity index is 1.85. The molecule has 1 aromatic heterocycles. The standard InChI is InChI=1S/C22H24ClN3O3S/c1-13-9-14(2)20(15(3)10-13)25-19(27)12-30-22-24-18-11-16(23)5-6-17(18)21(28)26(22)7-8-29-4/h5-6,9-11H,7-8,12H2,1-4H3,(H,25,27). The van der Waals surface area contributed by atoms with E-state index in [0.717, 1.165) is 22.4 Å². The van der Waals surface area contributed by atoms with E-state index in [9.17, 15) is 9.59 Å². The molecule has 3 aromatic rings. The maximum atomic E-state index is 12.9. The van der Waals surface area contributed by atoms with Gasteiger partial charge in [-0.25, -0.2) is 4.98 Å². The molecule has 0 bridgehead atoms. The molecule has 6 nitrogen and oxygen atoms in total. The van der Waals surface area contributed by atoms with Crippen LogP contribution < -0.4 is 10.9 Å². The summed E-state index contributed by atoms with van der Waals surface area (Å²) in [6.07, 6.45) is 0. The van der Waals surface area contributed by atoms with Gasteiger partial charge in [-0.3, -0.25) is 14.2 Å². The van der Waals surface area contributed by atoms with Crippen LogP contribution in [0.5, 0.6) is 0 Å². The van der Waals surface area contributed by atoms with Gasteiger partial charge in [0.25, 0.3) is 5.56 Å². The minimum Gasteiger partial charge on any atom is -0.383 e. The zero-order valence-corrected chi connectivity index (χ0v) is 19.0. The number of nitrogens with one attached hydrogen (secondary N) is 1. The number of thioether (sulfide) groups is 1. The quantitative estimate of drug-likeness (QED) is 0.432. The van der Waals surface area contributed by atoms with Gasteiger partial charge in [-0.15, -0.1) is 0 Å². The number of methoxy groups -OCH3 is 1. The molecule has 30 heavy (non-hydrogen) atoms. The SMILES string of the molecule is COCCn1c(SCC(=O)Nc2c(C)cc(C)cc2C)nc2cc(Cl)ccc2c1=O. The molecule has 1 heterocycles. The molecule has 0 saturated heterocycles. The summed E-state index contributed by atoms with van der Waals surface area (Å²) in [4.78, 5) is 30.1. The Morgan fingerprint density at radius 3 is 2.57 bits per heavy atom. The number of rotatable bonds is 7. The second-order valence-electron chi connectivity index (χ2n) is 7.12. The average molecular weight is 446 g/mol. The Kier molecular flexibility index (Phi) is 7.18. The lowest BCUT2D eigenvalue weighted by Gasteiger charge is -2.14. The van der Waals surface area contributed by atoms with Crippen LogP contribution in [0, 0.1) is 20.8 Å². The lowest BCUT2D eigenvalue weighted by molar-refractivity contribution is -0.113. The predicted octanol–water partition coefficient (Wildman–Crippen LogP) is 4.35. The van der Waals surface area contributed by atoms with Gasteiger partial charge in [0.15, 0.2) is 5.16 Å². The normalized spacial score (nSPS) is 11.1. The largest absolute Gasteiger partial charge is 0.383 e. The van der Waals surface area contributed by atoms with Gasteiger partial charge in [-0.1, -0.05) is 41.1 Å². The topological polar surface area (TPSA) is 73.2 Å². The number of amides is 1. The first-order chi connectivity index (χ1) is 14.3. The molecule has 0 saturated carbocycles. The fraction of sp³-hybridized carbons (Fsp3) is 0.318. The van der Waals surface area contributed by atoms with Crippen LogP contribution in [-0.4, -0.2) is 34.9 Å².